The van der Waals surface area contributed by atoms with Crippen LogP contribution in [-0.4, -0.2) is 56.3 Å². The van der Waals surface area contributed by atoms with Crippen molar-refractivity contribution in [1.82, 2.24) is 10.2 Å². The maximum absolute atomic E-state index is 12.3. The van der Waals surface area contributed by atoms with Gasteiger partial charge in [0.25, 0.3) is 0 Å². The lowest BCUT2D eigenvalue weighted by Gasteiger charge is -2.40. The predicted octanol–water partition coefficient (Wildman–Crippen LogP) is 0.821. The van der Waals surface area contributed by atoms with Gasteiger partial charge in [0.05, 0.1) is 32.2 Å². The standard InChI is InChI=1S/C16H22N2O3/c1-12-4-2-3-5-15(12)21-14-9-18(10-14)16(19)13-8-17-6-7-20-11-13/h2-5,13-14,17H,6-11H2,1H3. The highest BCUT2D eigenvalue weighted by Crippen LogP contribution is 2.22. The van der Waals surface area contributed by atoms with Gasteiger partial charge in [0.15, 0.2) is 0 Å². The molecule has 114 valence electrons. The first-order chi connectivity index (χ1) is 10.2. The second kappa shape index (κ2) is 6.45. The molecule has 0 radical (unpaired) electrons. The lowest BCUT2D eigenvalue weighted by molar-refractivity contribution is -0.145. The molecule has 1 aromatic rings. The van der Waals surface area contributed by atoms with Crippen LogP contribution in [0.15, 0.2) is 24.3 Å². The van der Waals surface area contributed by atoms with Crippen LogP contribution < -0.4 is 10.1 Å². The number of para-hydroxylation sites is 1. The molecule has 5 heteroatoms. The van der Waals surface area contributed by atoms with Crippen molar-refractivity contribution in [3.63, 3.8) is 0 Å². The topological polar surface area (TPSA) is 50.8 Å². The maximum atomic E-state index is 12.3. The number of carbonyl (C=O) groups excluding carboxylic acids is 1. The normalized spacial score (nSPS) is 23.3. The Labute approximate surface area is 125 Å². The van der Waals surface area contributed by atoms with Crippen LogP contribution in [0.4, 0.5) is 0 Å². The van der Waals surface area contributed by atoms with Gasteiger partial charge in [-0.3, -0.25) is 4.79 Å². The minimum Gasteiger partial charge on any atom is -0.486 e. The molecular formula is C16H22N2O3. The lowest BCUT2D eigenvalue weighted by Crippen LogP contribution is -2.58. The summed E-state index contributed by atoms with van der Waals surface area (Å²) >= 11 is 0. The molecular weight excluding hydrogens is 268 g/mol. The molecule has 0 aromatic heterocycles. The Kier molecular flexibility index (Phi) is 4.41. The summed E-state index contributed by atoms with van der Waals surface area (Å²) in [6.45, 7) is 6.11. The SMILES string of the molecule is Cc1ccccc1OC1CN(C(=O)C2CNCCOC2)C1. The molecule has 1 amide bonds. The van der Waals surface area contributed by atoms with Gasteiger partial charge in [-0.1, -0.05) is 18.2 Å². The number of nitrogens with zero attached hydrogens (tertiary/aromatic N) is 1. The number of carbonyl (C=O) groups is 1. The van der Waals surface area contributed by atoms with E-state index in [1.165, 1.54) is 0 Å². The Hall–Kier alpha value is -1.59. The summed E-state index contributed by atoms with van der Waals surface area (Å²) in [5, 5.41) is 3.24. The molecule has 2 aliphatic rings. The number of aryl methyl sites for hydroxylation is 1. The molecule has 1 N–H and O–H groups in total. The molecule has 2 fully saturated rings. The average molecular weight is 290 g/mol. The van der Waals surface area contributed by atoms with Crippen LogP contribution in [0.3, 0.4) is 0 Å². The van der Waals surface area contributed by atoms with Crippen LogP contribution in [-0.2, 0) is 9.53 Å². The first kappa shape index (κ1) is 14.4. The van der Waals surface area contributed by atoms with Gasteiger partial charge in [-0.2, -0.15) is 0 Å². The van der Waals surface area contributed by atoms with Crippen molar-refractivity contribution in [1.29, 1.82) is 0 Å². The average Bonchev–Trinajstić information content (AvgIpc) is 2.72. The molecule has 0 bridgehead atoms. The summed E-state index contributed by atoms with van der Waals surface area (Å²) in [7, 11) is 0. The molecule has 2 aliphatic heterocycles. The van der Waals surface area contributed by atoms with Crippen LogP contribution in [0.1, 0.15) is 5.56 Å². The number of benzene rings is 1. The molecule has 21 heavy (non-hydrogen) atoms. The van der Waals surface area contributed by atoms with E-state index >= 15 is 0 Å². The van der Waals surface area contributed by atoms with Crippen molar-refractivity contribution < 1.29 is 14.3 Å². The largest absolute Gasteiger partial charge is 0.486 e. The van der Waals surface area contributed by atoms with E-state index in [4.69, 9.17) is 9.47 Å². The van der Waals surface area contributed by atoms with E-state index in [1.807, 2.05) is 36.1 Å². The summed E-state index contributed by atoms with van der Waals surface area (Å²) < 4.78 is 11.4. The number of nitrogens with one attached hydrogen (secondary N) is 1. The van der Waals surface area contributed by atoms with Gasteiger partial charge >= 0.3 is 0 Å². The van der Waals surface area contributed by atoms with Crippen molar-refractivity contribution in [3.05, 3.63) is 29.8 Å². The van der Waals surface area contributed by atoms with E-state index < -0.39 is 0 Å². The van der Waals surface area contributed by atoms with Crippen molar-refractivity contribution in [2.24, 2.45) is 5.92 Å². The van der Waals surface area contributed by atoms with E-state index in [0.29, 0.717) is 32.8 Å². The van der Waals surface area contributed by atoms with Crippen LogP contribution in [0, 0.1) is 12.8 Å². The van der Waals surface area contributed by atoms with Gasteiger partial charge in [0.2, 0.25) is 5.91 Å². The van der Waals surface area contributed by atoms with E-state index in [1.54, 1.807) is 0 Å². The molecule has 0 aliphatic carbocycles. The number of hydrogen-bond acceptors (Lipinski definition) is 4. The molecule has 1 unspecified atom stereocenters. The van der Waals surface area contributed by atoms with Crippen LogP contribution in [0.5, 0.6) is 5.75 Å². The second-order valence-corrected chi connectivity index (χ2v) is 5.72. The Morgan fingerprint density at radius 2 is 2.19 bits per heavy atom. The third-order valence-electron chi connectivity index (χ3n) is 4.03. The third kappa shape index (κ3) is 3.36. The number of hydrogen-bond donors (Lipinski definition) is 1. The quantitative estimate of drug-likeness (QED) is 0.895. The summed E-state index contributed by atoms with van der Waals surface area (Å²) in [5.41, 5.74) is 1.13. The fourth-order valence-corrected chi connectivity index (χ4v) is 2.68. The maximum Gasteiger partial charge on any atom is 0.229 e. The predicted molar refractivity (Wildman–Crippen MR) is 79.4 cm³/mol. The van der Waals surface area contributed by atoms with E-state index in [-0.39, 0.29) is 17.9 Å². The minimum absolute atomic E-state index is 0.0630. The fourth-order valence-electron chi connectivity index (χ4n) is 2.68. The molecule has 0 spiro atoms. The first-order valence-corrected chi connectivity index (χ1v) is 7.53. The summed E-state index contributed by atoms with van der Waals surface area (Å²) in [4.78, 5) is 14.2. The van der Waals surface area contributed by atoms with Gasteiger partial charge in [0, 0.05) is 13.1 Å². The highest BCUT2D eigenvalue weighted by molar-refractivity contribution is 5.80. The minimum atomic E-state index is -0.0630. The molecule has 1 atom stereocenters. The molecule has 2 heterocycles. The lowest BCUT2D eigenvalue weighted by atomic mass is 10.0. The smallest absolute Gasteiger partial charge is 0.229 e. The third-order valence-corrected chi connectivity index (χ3v) is 4.03. The van der Waals surface area contributed by atoms with Gasteiger partial charge in [0.1, 0.15) is 11.9 Å². The molecule has 0 saturated carbocycles. The number of amides is 1. The molecule has 1 aromatic carbocycles. The van der Waals surface area contributed by atoms with Crippen LogP contribution in [0.2, 0.25) is 0 Å². The second-order valence-electron chi connectivity index (χ2n) is 5.72. The first-order valence-electron chi connectivity index (χ1n) is 7.53. The molecule has 5 nitrogen and oxygen atoms in total. The highest BCUT2D eigenvalue weighted by Gasteiger charge is 2.36. The Balaban J connectivity index is 1.49. The number of ether oxygens (including phenoxy) is 2. The monoisotopic (exact) mass is 290 g/mol. The van der Waals surface area contributed by atoms with Crippen molar-refractivity contribution >= 4 is 5.91 Å². The highest BCUT2D eigenvalue weighted by atomic mass is 16.5. The van der Waals surface area contributed by atoms with Crippen LogP contribution in [0.25, 0.3) is 0 Å². The Morgan fingerprint density at radius 3 is 3.00 bits per heavy atom. The summed E-state index contributed by atoms with van der Waals surface area (Å²) in [6, 6.07) is 7.98. The van der Waals surface area contributed by atoms with Crippen molar-refractivity contribution in [2.75, 3.05) is 39.4 Å². The zero-order chi connectivity index (χ0) is 14.7. The number of rotatable bonds is 3. The molecule has 3 rings (SSSR count). The Bertz CT molecular complexity index is 492. The summed E-state index contributed by atoms with van der Waals surface area (Å²) in [6.07, 6.45) is 0.106. The fraction of sp³-hybridized carbons (Fsp3) is 0.562. The Morgan fingerprint density at radius 1 is 1.38 bits per heavy atom. The van der Waals surface area contributed by atoms with Crippen molar-refractivity contribution in [3.8, 4) is 5.75 Å². The summed E-state index contributed by atoms with van der Waals surface area (Å²) in [5.74, 6) is 1.02. The van der Waals surface area contributed by atoms with Gasteiger partial charge in [-0.05, 0) is 18.6 Å². The van der Waals surface area contributed by atoms with E-state index in [2.05, 4.69) is 5.32 Å². The zero-order valence-corrected chi connectivity index (χ0v) is 12.4. The van der Waals surface area contributed by atoms with E-state index in [0.717, 1.165) is 17.9 Å². The van der Waals surface area contributed by atoms with E-state index in [9.17, 15) is 4.79 Å². The van der Waals surface area contributed by atoms with Crippen LogP contribution >= 0.6 is 0 Å². The zero-order valence-electron chi connectivity index (χ0n) is 12.4. The van der Waals surface area contributed by atoms with Gasteiger partial charge in [-0.25, -0.2) is 0 Å². The van der Waals surface area contributed by atoms with Crippen molar-refractivity contribution in [2.45, 2.75) is 13.0 Å². The molecule has 2 saturated heterocycles. The van der Waals surface area contributed by atoms with Gasteiger partial charge in [-0.15, -0.1) is 0 Å². The van der Waals surface area contributed by atoms with Gasteiger partial charge < -0.3 is 19.7 Å². The number of likely N-dealkylation sites (tertiary alicyclic amines) is 1.